The van der Waals surface area contributed by atoms with Gasteiger partial charge in [0.1, 0.15) is 6.61 Å². The van der Waals surface area contributed by atoms with Crippen molar-refractivity contribution in [2.24, 2.45) is 5.73 Å². The van der Waals surface area contributed by atoms with Gasteiger partial charge in [-0.1, -0.05) is 18.2 Å². The van der Waals surface area contributed by atoms with E-state index in [2.05, 4.69) is 5.32 Å². The molecule has 2 amide bonds. The van der Waals surface area contributed by atoms with Crippen molar-refractivity contribution in [3.63, 3.8) is 0 Å². The Labute approximate surface area is 87.2 Å². The highest BCUT2D eigenvalue weighted by molar-refractivity contribution is 5.84. The van der Waals surface area contributed by atoms with Crippen LogP contribution in [0.25, 0.3) is 0 Å². The first-order valence-corrected chi connectivity index (χ1v) is 4.45. The van der Waals surface area contributed by atoms with Crippen molar-refractivity contribution in [2.45, 2.75) is 6.42 Å². The lowest BCUT2D eigenvalue weighted by molar-refractivity contribution is -0.118. The second-order valence-corrected chi connectivity index (χ2v) is 2.84. The molecule has 0 bridgehead atoms. The summed E-state index contributed by atoms with van der Waals surface area (Å²) >= 11 is 0. The van der Waals surface area contributed by atoms with Crippen molar-refractivity contribution in [3.8, 4) is 0 Å². The molecular formula is C10H12N2O3. The highest BCUT2D eigenvalue weighted by Crippen LogP contribution is 2.05. The Morgan fingerprint density at radius 2 is 1.93 bits per heavy atom. The summed E-state index contributed by atoms with van der Waals surface area (Å²) in [6, 6.07) is 8.88. The van der Waals surface area contributed by atoms with Crippen LogP contribution in [0.4, 0.5) is 10.5 Å². The lowest BCUT2D eigenvalue weighted by Crippen LogP contribution is -2.18. The van der Waals surface area contributed by atoms with Gasteiger partial charge in [0, 0.05) is 5.69 Å². The summed E-state index contributed by atoms with van der Waals surface area (Å²) in [7, 11) is 0. The van der Waals surface area contributed by atoms with Gasteiger partial charge in [0.05, 0.1) is 6.42 Å². The molecule has 1 aromatic rings. The fourth-order valence-electron chi connectivity index (χ4n) is 0.920. The molecule has 0 atom stereocenters. The van der Waals surface area contributed by atoms with Crippen molar-refractivity contribution >= 4 is 17.7 Å². The molecule has 0 aliphatic rings. The zero-order valence-corrected chi connectivity index (χ0v) is 8.10. The summed E-state index contributed by atoms with van der Waals surface area (Å²) in [5, 5.41) is 2.50. The molecule has 3 N–H and O–H groups in total. The smallest absolute Gasteiger partial charge is 0.411 e. The van der Waals surface area contributed by atoms with Crippen LogP contribution in [0, 0.1) is 0 Å². The number of nitrogens with two attached hydrogens (primary N) is 1. The lowest BCUT2D eigenvalue weighted by Gasteiger charge is -2.05. The molecule has 0 radical (unpaired) electrons. The average Bonchev–Trinajstić information content (AvgIpc) is 2.18. The van der Waals surface area contributed by atoms with Crippen molar-refractivity contribution in [3.05, 3.63) is 30.3 Å². The van der Waals surface area contributed by atoms with Crippen molar-refractivity contribution < 1.29 is 14.3 Å². The number of hydrogen-bond donors (Lipinski definition) is 2. The van der Waals surface area contributed by atoms with Crippen LogP contribution in [-0.2, 0) is 9.53 Å². The van der Waals surface area contributed by atoms with E-state index in [-0.39, 0.29) is 13.0 Å². The van der Waals surface area contributed by atoms with Gasteiger partial charge >= 0.3 is 6.09 Å². The Bertz CT molecular complexity index is 338. The van der Waals surface area contributed by atoms with E-state index >= 15 is 0 Å². The topological polar surface area (TPSA) is 81.4 Å². The number of ether oxygens (including phenoxy) is 1. The summed E-state index contributed by atoms with van der Waals surface area (Å²) in [5.74, 6) is -0.498. The zero-order valence-electron chi connectivity index (χ0n) is 8.10. The highest BCUT2D eigenvalue weighted by Gasteiger charge is 2.03. The molecule has 0 aliphatic carbocycles. The average molecular weight is 208 g/mol. The highest BCUT2D eigenvalue weighted by atomic mass is 16.5. The van der Waals surface area contributed by atoms with Gasteiger partial charge in [-0.2, -0.15) is 0 Å². The Morgan fingerprint density at radius 1 is 1.27 bits per heavy atom. The van der Waals surface area contributed by atoms with E-state index in [0.29, 0.717) is 5.69 Å². The van der Waals surface area contributed by atoms with E-state index in [1.807, 2.05) is 6.07 Å². The molecule has 1 aromatic carbocycles. The number of para-hydroxylation sites is 1. The van der Waals surface area contributed by atoms with Crippen LogP contribution >= 0.6 is 0 Å². The predicted molar refractivity (Wildman–Crippen MR) is 55.2 cm³/mol. The first-order valence-electron chi connectivity index (χ1n) is 4.45. The largest absolute Gasteiger partial charge is 0.449 e. The van der Waals surface area contributed by atoms with Gasteiger partial charge in [0.25, 0.3) is 0 Å². The second kappa shape index (κ2) is 5.64. The lowest BCUT2D eigenvalue weighted by atomic mass is 10.3. The number of benzene rings is 1. The first-order chi connectivity index (χ1) is 7.18. The van der Waals surface area contributed by atoms with Gasteiger partial charge in [0.15, 0.2) is 0 Å². The number of amides is 2. The summed E-state index contributed by atoms with van der Waals surface area (Å²) in [6.45, 7) is -0.00595. The number of rotatable bonds is 4. The van der Waals surface area contributed by atoms with Crippen LogP contribution in [0.5, 0.6) is 0 Å². The summed E-state index contributed by atoms with van der Waals surface area (Å²) in [6.07, 6.45) is -0.565. The van der Waals surface area contributed by atoms with Gasteiger partial charge in [-0.05, 0) is 12.1 Å². The van der Waals surface area contributed by atoms with Crippen LogP contribution in [0.15, 0.2) is 30.3 Å². The molecule has 5 nitrogen and oxygen atoms in total. The Kier molecular flexibility index (Phi) is 4.15. The minimum absolute atomic E-state index is 0.00595. The summed E-state index contributed by atoms with van der Waals surface area (Å²) < 4.78 is 4.71. The van der Waals surface area contributed by atoms with Gasteiger partial charge < -0.3 is 10.5 Å². The number of carbonyl (C=O) groups excluding carboxylic acids is 2. The van der Waals surface area contributed by atoms with Crippen molar-refractivity contribution in [2.75, 3.05) is 11.9 Å². The minimum Gasteiger partial charge on any atom is -0.449 e. The zero-order chi connectivity index (χ0) is 11.1. The van der Waals surface area contributed by atoms with Crippen LogP contribution in [0.1, 0.15) is 6.42 Å². The molecule has 15 heavy (non-hydrogen) atoms. The molecule has 80 valence electrons. The maximum Gasteiger partial charge on any atom is 0.411 e. The van der Waals surface area contributed by atoms with E-state index in [0.717, 1.165) is 0 Å². The van der Waals surface area contributed by atoms with E-state index in [4.69, 9.17) is 10.5 Å². The number of primary amides is 1. The third-order valence-corrected chi connectivity index (χ3v) is 1.60. The number of carbonyl (C=O) groups is 2. The third-order valence-electron chi connectivity index (χ3n) is 1.60. The van der Waals surface area contributed by atoms with Crippen LogP contribution < -0.4 is 11.1 Å². The standard InChI is InChI=1S/C10H12N2O3/c11-9(13)6-7-15-10(14)12-8-4-2-1-3-5-8/h1-5H,6-7H2,(H2,11,13)(H,12,14). The molecule has 0 unspecified atom stereocenters. The minimum atomic E-state index is -0.595. The maximum absolute atomic E-state index is 11.1. The van der Waals surface area contributed by atoms with Crippen LogP contribution in [-0.4, -0.2) is 18.6 Å². The molecular weight excluding hydrogens is 196 g/mol. The fraction of sp³-hybridized carbons (Fsp3) is 0.200. The third kappa shape index (κ3) is 4.66. The number of anilines is 1. The van der Waals surface area contributed by atoms with Crippen LogP contribution in [0.2, 0.25) is 0 Å². The van der Waals surface area contributed by atoms with Crippen LogP contribution in [0.3, 0.4) is 0 Å². The molecule has 0 saturated carbocycles. The maximum atomic E-state index is 11.1. The monoisotopic (exact) mass is 208 g/mol. The number of nitrogens with one attached hydrogen (secondary N) is 1. The summed E-state index contributed by atoms with van der Waals surface area (Å²) in [4.78, 5) is 21.5. The number of hydrogen-bond acceptors (Lipinski definition) is 3. The van der Waals surface area contributed by atoms with E-state index < -0.39 is 12.0 Å². The predicted octanol–water partition coefficient (Wildman–Crippen LogP) is 1.11. The van der Waals surface area contributed by atoms with E-state index in [9.17, 15) is 9.59 Å². The second-order valence-electron chi connectivity index (χ2n) is 2.84. The van der Waals surface area contributed by atoms with Crippen molar-refractivity contribution in [1.82, 2.24) is 0 Å². The SMILES string of the molecule is NC(=O)CCOC(=O)Nc1ccccc1. The Hall–Kier alpha value is -2.04. The van der Waals surface area contributed by atoms with E-state index in [1.54, 1.807) is 24.3 Å². The quantitative estimate of drug-likeness (QED) is 0.777. The molecule has 0 saturated heterocycles. The Balaban J connectivity index is 2.28. The van der Waals surface area contributed by atoms with Gasteiger partial charge in [-0.25, -0.2) is 4.79 Å². The van der Waals surface area contributed by atoms with Gasteiger partial charge in [-0.15, -0.1) is 0 Å². The molecule has 0 fully saturated rings. The van der Waals surface area contributed by atoms with Gasteiger partial charge in [0.2, 0.25) is 5.91 Å². The van der Waals surface area contributed by atoms with Crippen molar-refractivity contribution in [1.29, 1.82) is 0 Å². The molecule has 5 heteroatoms. The van der Waals surface area contributed by atoms with E-state index in [1.165, 1.54) is 0 Å². The normalized spacial score (nSPS) is 9.33. The Morgan fingerprint density at radius 3 is 2.53 bits per heavy atom. The molecule has 0 aliphatic heterocycles. The molecule has 0 heterocycles. The molecule has 0 spiro atoms. The molecule has 1 rings (SSSR count). The fourth-order valence-corrected chi connectivity index (χ4v) is 0.920. The molecule has 0 aromatic heterocycles. The summed E-state index contributed by atoms with van der Waals surface area (Å²) in [5.41, 5.74) is 5.52. The van der Waals surface area contributed by atoms with Gasteiger partial charge in [-0.3, -0.25) is 10.1 Å². The first kappa shape index (κ1) is 11.0.